The molecule has 4 aromatic carbocycles. The second-order valence-electron chi connectivity index (χ2n) is 8.94. The van der Waals surface area contributed by atoms with Crippen molar-refractivity contribution in [2.24, 2.45) is 0 Å². The average Bonchev–Trinajstić information content (AvgIpc) is 3.36. The summed E-state index contributed by atoms with van der Waals surface area (Å²) < 4.78 is 6.11. The first kappa shape index (κ1) is 23.4. The number of amides is 1. The summed E-state index contributed by atoms with van der Waals surface area (Å²) in [7, 11) is 0. The molecule has 1 amide bonds. The number of nitrogens with one attached hydrogen (secondary N) is 2. The highest BCUT2D eigenvalue weighted by molar-refractivity contribution is 5.88. The van der Waals surface area contributed by atoms with Crippen molar-refractivity contribution >= 4 is 16.8 Å². The minimum absolute atomic E-state index is 0.0132. The number of ether oxygens (including phenoxy) is 1. The number of rotatable bonds is 9. The van der Waals surface area contributed by atoms with Crippen LogP contribution in [0.1, 0.15) is 41.5 Å². The Morgan fingerprint density at radius 2 is 1.58 bits per heavy atom. The monoisotopic (exact) mass is 474 g/mol. The number of carbonyl (C=O) groups is 1. The standard InChI is InChI=1S/C32H30N2O2/c1-2-24-13-10-18-28-30(22-34-32(24)28)29(20-31(35)33-21-23-11-5-3-6-12-23)25-14-9-17-27(19-25)36-26-15-7-4-8-16-26/h3-19,22,29,34H,2,20-21H2,1H3,(H,33,35)/t29-/m0/s1. The van der Waals surface area contributed by atoms with E-state index in [1.165, 1.54) is 5.56 Å². The highest BCUT2D eigenvalue weighted by atomic mass is 16.5. The van der Waals surface area contributed by atoms with Crippen LogP contribution in [0.25, 0.3) is 10.9 Å². The quantitative estimate of drug-likeness (QED) is 0.234. The van der Waals surface area contributed by atoms with Gasteiger partial charge in [0.25, 0.3) is 0 Å². The molecule has 0 radical (unpaired) electrons. The fourth-order valence-electron chi connectivity index (χ4n) is 4.70. The zero-order valence-electron chi connectivity index (χ0n) is 20.4. The van der Waals surface area contributed by atoms with Gasteiger partial charge in [0.2, 0.25) is 5.91 Å². The van der Waals surface area contributed by atoms with Crippen molar-refractivity contribution in [2.45, 2.75) is 32.2 Å². The maximum atomic E-state index is 13.2. The Morgan fingerprint density at radius 1 is 0.861 bits per heavy atom. The first-order valence-electron chi connectivity index (χ1n) is 12.4. The molecule has 4 heteroatoms. The van der Waals surface area contributed by atoms with Gasteiger partial charge in [-0.1, -0.05) is 85.8 Å². The lowest BCUT2D eigenvalue weighted by Crippen LogP contribution is -2.25. The maximum Gasteiger partial charge on any atom is 0.221 e. The molecule has 0 saturated carbocycles. The molecule has 0 bridgehead atoms. The third kappa shape index (κ3) is 5.33. The summed E-state index contributed by atoms with van der Waals surface area (Å²) in [6.07, 6.45) is 3.34. The van der Waals surface area contributed by atoms with E-state index in [2.05, 4.69) is 47.7 Å². The lowest BCUT2D eigenvalue weighted by atomic mass is 9.87. The number of benzene rings is 4. The number of aromatic nitrogens is 1. The molecule has 0 saturated heterocycles. The molecular formula is C32H30N2O2. The Morgan fingerprint density at radius 3 is 2.36 bits per heavy atom. The molecule has 0 aliphatic heterocycles. The van der Waals surface area contributed by atoms with Crippen molar-refractivity contribution in [1.82, 2.24) is 10.3 Å². The predicted molar refractivity (Wildman–Crippen MR) is 145 cm³/mol. The van der Waals surface area contributed by atoms with Crippen LogP contribution in [0, 0.1) is 0 Å². The van der Waals surface area contributed by atoms with Gasteiger partial charge < -0.3 is 15.0 Å². The van der Waals surface area contributed by atoms with Gasteiger partial charge in [0, 0.05) is 36.0 Å². The van der Waals surface area contributed by atoms with Crippen LogP contribution >= 0.6 is 0 Å². The molecule has 36 heavy (non-hydrogen) atoms. The van der Waals surface area contributed by atoms with E-state index < -0.39 is 0 Å². The van der Waals surface area contributed by atoms with E-state index in [9.17, 15) is 4.79 Å². The Balaban J connectivity index is 1.47. The summed E-state index contributed by atoms with van der Waals surface area (Å²) >= 11 is 0. The molecular weight excluding hydrogens is 444 g/mol. The van der Waals surface area contributed by atoms with Crippen LogP contribution < -0.4 is 10.1 Å². The summed E-state index contributed by atoms with van der Waals surface area (Å²) in [6, 6.07) is 34.2. The average molecular weight is 475 g/mol. The van der Waals surface area contributed by atoms with Crippen LogP contribution in [0.15, 0.2) is 109 Å². The van der Waals surface area contributed by atoms with Crippen LogP contribution in [0.4, 0.5) is 0 Å². The smallest absolute Gasteiger partial charge is 0.221 e. The van der Waals surface area contributed by atoms with E-state index in [1.807, 2.05) is 78.9 Å². The number of aryl methyl sites for hydroxylation is 1. The SMILES string of the molecule is CCc1cccc2c([C@@H](CC(=O)NCc3ccccc3)c3cccc(Oc4ccccc4)c3)c[nH]c12. The highest BCUT2D eigenvalue weighted by Gasteiger charge is 2.22. The maximum absolute atomic E-state index is 13.2. The Labute approximate surface area is 212 Å². The number of fused-ring (bicyclic) bond motifs is 1. The van der Waals surface area contributed by atoms with Gasteiger partial charge in [0.1, 0.15) is 11.5 Å². The van der Waals surface area contributed by atoms with E-state index >= 15 is 0 Å². The summed E-state index contributed by atoms with van der Waals surface area (Å²) in [6.45, 7) is 2.67. The second kappa shape index (κ2) is 11.0. The lowest BCUT2D eigenvalue weighted by Gasteiger charge is -2.18. The zero-order valence-corrected chi connectivity index (χ0v) is 20.4. The third-order valence-electron chi connectivity index (χ3n) is 6.55. The molecule has 0 aliphatic rings. The molecule has 1 atom stereocenters. The number of hydrogen-bond donors (Lipinski definition) is 2. The van der Waals surface area contributed by atoms with Crippen molar-refractivity contribution in [2.75, 3.05) is 0 Å². The lowest BCUT2D eigenvalue weighted by molar-refractivity contribution is -0.121. The van der Waals surface area contributed by atoms with Crippen molar-refractivity contribution in [3.63, 3.8) is 0 Å². The first-order valence-corrected chi connectivity index (χ1v) is 12.4. The minimum Gasteiger partial charge on any atom is -0.457 e. The van der Waals surface area contributed by atoms with Gasteiger partial charge in [-0.05, 0) is 52.9 Å². The predicted octanol–water partition coefficient (Wildman–Crippen LogP) is 7.36. The van der Waals surface area contributed by atoms with Crippen molar-refractivity contribution in [1.29, 1.82) is 0 Å². The molecule has 0 spiro atoms. The van der Waals surface area contributed by atoms with E-state index in [1.54, 1.807) is 0 Å². The zero-order chi connectivity index (χ0) is 24.7. The summed E-state index contributed by atoms with van der Waals surface area (Å²) in [5.74, 6) is 1.43. The number of aromatic amines is 1. The minimum atomic E-state index is -0.124. The first-order chi connectivity index (χ1) is 17.7. The molecule has 0 aliphatic carbocycles. The van der Waals surface area contributed by atoms with Gasteiger partial charge in [-0.2, -0.15) is 0 Å². The molecule has 1 aromatic heterocycles. The van der Waals surface area contributed by atoms with Gasteiger partial charge in [-0.15, -0.1) is 0 Å². The molecule has 1 heterocycles. The summed E-state index contributed by atoms with van der Waals surface area (Å²) in [4.78, 5) is 16.7. The molecule has 180 valence electrons. The molecule has 2 N–H and O–H groups in total. The third-order valence-corrected chi connectivity index (χ3v) is 6.55. The molecule has 5 aromatic rings. The fraction of sp³-hybridized carbons (Fsp3) is 0.156. The molecule has 0 fully saturated rings. The molecule has 4 nitrogen and oxygen atoms in total. The number of hydrogen-bond acceptors (Lipinski definition) is 2. The fourth-order valence-corrected chi connectivity index (χ4v) is 4.70. The van der Waals surface area contributed by atoms with Gasteiger partial charge in [0.05, 0.1) is 0 Å². The van der Waals surface area contributed by atoms with Crippen molar-refractivity contribution in [3.05, 3.63) is 132 Å². The Kier molecular flexibility index (Phi) is 7.13. The van der Waals surface area contributed by atoms with E-state index in [-0.39, 0.29) is 11.8 Å². The van der Waals surface area contributed by atoms with E-state index in [0.29, 0.717) is 13.0 Å². The van der Waals surface area contributed by atoms with Crippen LogP contribution in [-0.4, -0.2) is 10.9 Å². The van der Waals surface area contributed by atoms with Crippen molar-refractivity contribution in [3.8, 4) is 11.5 Å². The van der Waals surface area contributed by atoms with E-state index in [4.69, 9.17) is 4.74 Å². The number of carbonyl (C=O) groups excluding carboxylic acids is 1. The summed E-state index contributed by atoms with van der Waals surface area (Å²) in [5, 5.41) is 4.26. The molecule has 0 unspecified atom stereocenters. The highest BCUT2D eigenvalue weighted by Crippen LogP contribution is 2.36. The van der Waals surface area contributed by atoms with Gasteiger partial charge in [0.15, 0.2) is 0 Å². The normalized spacial score (nSPS) is 11.8. The Bertz CT molecular complexity index is 1440. The second-order valence-corrected chi connectivity index (χ2v) is 8.94. The van der Waals surface area contributed by atoms with Crippen LogP contribution in [-0.2, 0) is 17.8 Å². The van der Waals surface area contributed by atoms with Crippen molar-refractivity contribution < 1.29 is 9.53 Å². The van der Waals surface area contributed by atoms with Crippen LogP contribution in [0.2, 0.25) is 0 Å². The van der Waals surface area contributed by atoms with Gasteiger partial charge >= 0.3 is 0 Å². The topological polar surface area (TPSA) is 54.1 Å². The summed E-state index contributed by atoms with van der Waals surface area (Å²) in [5.41, 5.74) is 5.65. The van der Waals surface area contributed by atoms with Gasteiger partial charge in [-0.25, -0.2) is 0 Å². The number of H-pyrrole nitrogens is 1. The molecule has 5 rings (SSSR count). The van der Waals surface area contributed by atoms with Gasteiger partial charge in [-0.3, -0.25) is 4.79 Å². The van der Waals surface area contributed by atoms with Crippen LogP contribution in [0.5, 0.6) is 11.5 Å². The largest absolute Gasteiger partial charge is 0.457 e. The van der Waals surface area contributed by atoms with Crippen LogP contribution in [0.3, 0.4) is 0 Å². The number of para-hydroxylation sites is 2. The van der Waals surface area contributed by atoms with E-state index in [0.717, 1.165) is 45.5 Å². The Hall–Kier alpha value is -4.31.